The van der Waals surface area contributed by atoms with Gasteiger partial charge in [0, 0.05) is 37.2 Å². The minimum absolute atomic E-state index is 0.160. The van der Waals surface area contributed by atoms with E-state index in [-0.39, 0.29) is 23.7 Å². The predicted molar refractivity (Wildman–Crippen MR) is 74.3 cm³/mol. The molecule has 9 heteroatoms. The highest BCUT2D eigenvalue weighted by molar-refractivity contribution is 6.30. The average Bonchev–Trinajstić information content (AvgIpc) is 2.44. The Balaban J connectivity index is 2.46. The normalized spacial score (nSPS) is 18.9. The molecule has 0 aromatic heterocycles. The maximum Gasteiger partial charge on any atom is 0.416 e. The standard InChI is InChI=1S/C14H15ClF6N2/c15-9-1-2-10(11(7-9)14(19,20)21)12(8-13(16,17)18)23-5-3-22-4-6-23/h1-2,7,12,22H,3-6,8H2/t12-/m1/s1. The monoisotopic (exact) mass is 360 g/mol. The van der Waals surface area contributed by atoms with Crippen LogP contribution in [0.5, 0.6) is 0 Å². The van der Waals surface area contributed by atoms with Gasteiger partial charge in [-0.1, -0.05) is 17.7 Å². The second kappa shape index (κ2) is 6.86. The van der Waals surface area contributed by atoms with Gasteiger partial charge >= 0.3 is 12.4 Å². The van der Waals surface area contributed by atoms with Gasteiger partial charge in [0.05, 0.1) is 12.0 Å². The van der Waals surface area contributed by atoms with Crippen LogP contribution in [0.2, 0.25) is 5.02 Å². The highest BCUT2D eigenvalue weighted by atomic mass is 35.5. The maximum atomic E-state index is 13.2. The van der Waals surface area contributed by atoms with Gasteiger partial charge in [-0.2, -0.15) is 26.3 Å². The van der Waals surface area contributed by atoms with E-state index in [2.05, 4.69) is 5.32 Å². The summed E-state index contributed by atoms with van der Waals surface area (Å²) in [5, 5.41) is 2.81. The molecule has 0 saturated carbocycles. The van der Waals surface area contributed by atoms with Gasteiger partial charge in [0.15, 0.2) is 0 Å². The summed E-state index contributed by atoms with van der Waals surface area (Å²) in [6.07, 6.45) is -10.7. The molecule has 1 atom stereocenters. The summed E-state index contributed by atoms with van der Waals surface area (Å²) in [7, 11) is 0. The Morgan fingerprint density at radius 3 is 2.22 bits per heavy atom. The first-order valence-electron chi connectivity index (χ1n) is 6.96. The second-order valence-electron chi connectivity index (χ2n) is 5.35. The third kappa shape index (κ3) is 4.99. The summed E-state index contributed by atoms with van der Waals surface area (Å²) in [4.78, 5) is 1.43. The molecule has 1 saturated heterocycles. The number of alkyl halides is 6. The zero-order chi connectivity index (χ0) is 17.3. The Kier molecular flexibility index (Phi) is 5.48. The highest BCUT2D eigenvalue weighted by Crippen LogP contribution is 2.41. The van der Waals surface area contributed by atoms with E-state index in [1.165, 1.54) is 11.0 Å². The van der Waals surface area contributed by atoms with Gasteiger partial charge in [0.1, 0.15) is 0 Å². The molecule has 2 nitrogen and oxygen atoms in total. The number of benzene rings is 1. The van der Waals surface area contributed by atoms with E-state index in [1.54, 1.807) is 0 Å². The SMILES string of the molecule is FC(F)(F)C[C@H](c1ccc(Cl)cc1C(F)(F)F)N1CCNCC1. The largest absolute Gasteiger partial charge is 0.416 e. The number of rotatable bonds is 3. The van der Waals surface area contributed by atoms with Crippen molar-refractivity contribution < 1.29 is 26.3 Å². The molecule has 0 spiro atoms. The van der Waals surface area contributed by atoms with Crippen molar-refractivity contribution >= 4 is 11.6 Å². The lowest BCUT2D eigenvalue weighted by molar-refractivity contribution is -0.153. The molecule has 1 aromatic carbocycles. The fourth-order valence-electron chi connectivity index (χ4n) is 2.71. The van der Waals surface area contributed by atoms with Crippen molar-refractivity contribution in [3.05, 3.63) is 34.3 Å². The summed E-state index contributed by atoms with van der Waals surface area (Å²) in [5.74, 6) is 0. The molecule has 1 aliphatic rings. The predicted octanol–water partition coefficient (Wildman–Crippen LogP) is 4.26. The molecule has 2 rings (SSSR count). The number of nitrogens with one attached hydrogen (secondary N) is 1. The molecular formula is C14H15ClF6N2. The van der Waals surface area contributed by atoms with E-state index < -0.39 is 30.4 Å². The number of piperazine rings is 1. The smallest absolute Gasteiger partial charge is 0.314 e. The molecule has 1 heterocycles. The number of hydrogen-bond acceptors (Lipinski definition) is 2. The van der Waals surface area contributed by atoms with Crippen molar-refractivity contribution in [3.8, 4) is 0 Å². The van der Waals surface area contributed by atoms with Crippen LogP contribution in [0, 0.1) is 0 Å². The van der Waals surface area contributed by atoms with Crippen molar-refractivity contribution in [2.75, 3.05) is 26.2 Å². The Hall–Kier alpha value is -0.990. The molecule has 1 fully saturated rings. The zero-order valence-electron chi connectivity index (χ0n) is 11.9. The summed E-state index contributed by atoms with van der Waals surface area (Å²) in [5.41, 5.74) is -1.50. The molecule has 130 valence electrons. The molecule has 0 amide bonds. The lowest BCUT2D eigenvalue weighted by atomic mass is 9.95. The van der Waals surface area contributed by atoms with Gasteiger partial charge in [-0.25, -0.2) is 0 Å². The second-order valence-corrected chi connectivity index (χ2v) is 5.79. The van der Waals surface area contributed by atoms with E-state index in [4.69, 9.17) is 11.6 Å². The lowest BCUT2D eigenvalue weighted by Crippen LogP contribution is -2.46. The van der Waals surface area contributed by atoms with E-state index in [9.17, 15) is 26.3 Å². The van der Waals surface area contributed by atoms with Gasteiger partial charge in [0.2, 0.25) is 0 Å². The van der Waals surface area contributed by atoms with Crippen molar-refractivity contribution in [1.82, 2.24) is 10.2 Å². The number of halogens is 7. The molecule has 1 aliphatic heterocycles. The first-order chi connectivity index (χ1) is 10.6. The Morgan fingerprint density at radius 2 is 1.70 bits per heavy atom. The van der Waals surface area contributed by atoms with Crippen LogP contribution < -0.4 is 5.32 Å². The molecule has 0 radical (unpaired) electrons. The van der Waals surface area contributed by atoms with Gasteiger partial charge in [0.25, 0.3) is 0 Å². The van der Waals surface area contributed by atoms with Crippen molar-refractivity contribution in [3.63, 3.8) is 0 Å². The Labute approximate surface area is 134 Å². The third-order valence-electron chi connectivity index (χ3n) is 3.70. The van der Waals surface area contributed by atoms with E-state index >= 15 is 0 Å². The first-order valence-corrected chi connectivity index (χ1v) is 7.34. The van der Waals surface area contributed by atoms with E-state index in [0.29, 0.717) is 19.2 Å². The maximum absolute atomic E-state index is 13.2. The quantitative estimate of drug-likeness (QED) is 0.810. The van der Waals surface area contributed by atoms with Crippen LogP contribution in [0.25, 0.3) is 0 Å². The van der Waals surface area contributed by atoms with Gasteiger partial charge in [-0.15, -0.1) is 0 Å². The van der Waals surface area contributed by atoms with Crippen LogP contribution in [0.15, 0.2) is 18.2 Å². The summed E-state index contributed by atoms with van der Waals surface area (Å²) in [6, 6.07) is 1.54. The van der Waals surface area contributed by atoms with Gasteiger partial charge < -0.3 is 5.32 Å². The van der Waals surface area contributed by atoms with E-state index in [1.807, 2.05) is 0 Å². The first kappa shape index (κ1) is 18.4. The van der Waals surface area contributed by atoms with Crippen LogP contribution >= 0.6 is 11.6 Å². The number of hydrogen-bond donors (Lipinski definition) is 1. The summed E-state index contributed by atoms with van der Waals surface area (Å²) in [6.45, 7) is 1.37. The van der Waals surface area contributed by atoms with Crippen molar-refractivity contribution in [2.45, 2.75) is 24.8 Å². The minimum atomic E-state index is -4.77. The Morgan fingerprint density at radius 1 is 1.09 bits per heavy atom. The summed E-state index contributed by atoms with van der Waals surface area (Å²) >= 11 is 5.60. The topological polar surface area (TPSA) is 15.3 Å². The molecule has 1 aromatic rings. The average molecular weight is 361 g/mol. The van der Waals surface area contributed by atoms with Crippen molar-refractivity contribution in [2.24, 2.45) is 0 Å². The fourth-order valence-corrected chi connectivity index (χ4v) is 2.89. The zero-order valence-corrected chi connectivity index (χ0v) is 12.7. The fraction of sp³-hybridized carbons (Fsp3) is 0.571. The molecule has 0 bridgehead atoms. The minimum Gasteiger partial charge on any atom is -0.314 e. The Bertz CT molecular complexity index is 537. The molecule has 0 unspecified atom stereocenters. The number of nitrogens with zero attached hydrogens (tertiary/aromatic N) is 1. The molecule has 1 N–H and O–H groups in total. The van der Waals surface area contributed by atoms with E-state index in [0.717, 1.165) is 6.07 Å². The van der Waals surface area contributed by atoms with Gasteiger partial charge in [-0.05, 0) is 17.7 Å². The van der Waals surface area contributed by atoms with Crippen LogP contribution in [0.4, 0.5) is 26.3 Å². The van der Waals surface area contributed by atoms with Crippen molar-refractivity contribution in [1.29, 1.82) is 0 Å². The third-order valence-corrected chi connectivity index (χ3v) is 3.93. The molecule has 23 heavy (non-hydrogen) atoms. The van der Waals surface area contributed by atoms with Crippen LogP contribution in [0.3, 0.4) is 0 Å². The molecule has 0 aliphatic carbocycles. The van der Waals surface area contributed by atoms with Gasteiger partial charge in [-0.3, -0.25) is 4.90 Å². The van der Waals surface area contributed by atoms with Crippen LogP contribution in [0.1, 0.15) is 23.6 Å². The summed E-state index contributed by atoms with van der Waals surface area (Å²) < 4.78 is 78.4. The van der Waals surface area contributed by atoms with Crippen LogP contribution in [-0.4, -0.2) is 37.3 Å². The lowest BCUT2D eigenvalue weighted by Gasteiger charge is -2.36. The van der Waals surface area contributed by atoms with Crippen LogP contribution in [-0.2, 0) is 6.18 Å². The highest BCUT2D eigenvalue weighted by Gasteiger charge is 2.41. The molecular weight excluding hydrogens is 346 g/mol.